The van der Waals surface area contributed by atoms with Crippen molar-refractivity contribution in [3.63, 3.8) is 0 Å². The topological polar surface area (TPSA) is 96.9 Å². The lowest BCUT2D eigenvalue weighted by Gasteiger charge is -2.08. The lowest BCUT2D eigenvalue weighted by atomic mass is 10.2. The van der Waals surface area contributed by atoms with Gasteiger partial charge in [-0.15, -0.1) is 0 Å². The van der Waals surface area contributed by atoms with Crippen molar-refractivity contribution in [2.24, 2.45) is 5.10 Å². The minimum absolute atomic E-state index is 0.181. The van der Waals surface area contributed by atoms with Gasteiger partial charge in [0.2, 0.25) is 0 Å². The van der Waals surface area contributed by atoms with Crippen LogP contribution in [0.25, 0.3) is 0 Å². The number of anilines is 1. The SMILES string of the molecule is Cc1c(Cl)cccc1NC(=O)C(=O)NN=Cc1ccc(OC(=O)c2ccc(Cl)cc2Cl)cc1. The number of benzene rings is 3. The van der Waals surface area contributed by atoms with Gasteiger partial charge >= 0.3 is 17.8 Å². The zero-order valence-electron chi connectivity index (χ0n) is 17.1. The van der Waals surface area contributed by atoms with Crippen molar-refractivity contribution in [1.29, 1.82) is 0 Å². The predicted molar refractivity (Wildman–Crippen MR) is 128 cm³/mol. The number of hydrogen-bond donors (Lipinski definition) is 2. The molecule has 0 spiro atoms. The highest BCUT2D eigenvalue weighted by atomic mass is 35.5. The number of hydrazone groups is 1. The van der Waals surface area contributed by atoms with Crippen LogP contribution in [0.3, 0.4) is 0 Å². The summed E-state index contributed by atoms with van der Waals surface area (Å²) in [4.78, 5) is 36.2. The Morgan fingerprint density at radius 3 is 2.33 bits per heavy atom. The highest BCUT2D eigenvalue weighted by molar-refractivity contribution is 6.40. The molecule has 0 radical (unpaired) electrons. The van der Waals surface area contributed by atoms with E-state index in [-0.39, 0.29) is 16.3 Å². The Balaban J connectivity index is 1.54. The van der Waals surface area contributed by atoms with Crippen molar-refractivity contribution in [2.45, 2.75) is 6.92 Å². The Kier molecular flexibility index (Phi) is 8.06. The first-order valence-electron chi connectivity index (χ1n) is 9.41. The molecule has 3 aromatic carbocycles. The van der Waals surface area contributed by atoms with E-state index in [4.69, 9.17) is 39.5 Å². The van der Waals surface area contributed by atoms with E-state index < -0.39 is 17.8 Å². The van der Waals surface area contributed by atoms with Crippen LogP contribution in [-0.2, 0) is 9.59 Å². The standard InChI is InChI=1S/C23H16Cl3N3O4/c1-13-18(25)3-2-4-20(13)28-21(30)22(31)29-27-12-14-5-8-16(9-6-14)33-23(32)17-10-7-15(24)11-19(17)26/h2-12H,1H3,(H,28,30)(H,29,31). The summed E-state index contributed by atoms with van der Waals surface area (Å²) in [6.45, 7) is 1.72. The molecule has 3 rings (SSSR count). The van der Waals surface area contributed by atoms with E-state index in [0.29, 0.717) is 26.9 Å². The molecular weight excluding hydrogens is 489 g/mol. The van der Waals surface area contributed by atoms with E-state index in [1.807, 2.05) is 0 Å². The molecule has 0 bridgehead atoms. The largest absolute Gasteiger partial charge is 0.423 e. The number of carbonyl (C=O) groups is 3. The lowest BCUT2D eigenvalue weighted by Crippen LogP contribution is -2.32. The summed E-state index contributed by atoms with van der Waals surface area (Å²) >= 11 is 17.8. The number of rotatable bonds is 5. The quantitative estimate of drug-likeness (QED) is 0.163. The van der Waals surface area contributed by atoms with E-state index in [1.165, 1.54) is 24.4 Å². The second-order valence-electron chi connectivity index (χ2n) is 6.65. The van der Waals surface area contributed by atoms with Gasteiger partial charge in [0.25, 0.3) is 0 Å². The average molecular weight is 505 g/mol. The van der Waals surface area contributed by atoms with Crippen LogP contribution in [0, 0.1) is 6.92 Å². The first-order chi connectivity index (χ1) is 15.7. The number of esters is 1. The van der Waals surface area contributed by atoms with Crippen molar-refractivity contribution in [2.75, 3.05) is 5.32 Å². The minimum atomic E-state index is -0.948. The van der Waals surface area contributed by atoms with Gasteiger partial charge in [-0.25, -0.2) is 10.2 Å². The van der Waals surface area contributed by atoms with Crippen molar-refractivity contribution in [3.8, 4) is 5.75 Å². The molecule has 3 aromatic rings. The number of amides is 2. The van der Waals surface area contributed by atoms with E-state index in [0.717, 1.165) is 0 Å². The Morgan fingerprint density at radius 2 is 1.64 bits per heavy atom. The van der Waals surface area contributed by atoms with Gasteiger partial charge in [-0.05, 0) is 72.6 Å². The molecular formula is C23H16Cl3N3O4. The number of hydrogen-bond acceptors (Lipinski definition) is 5. The third-order valence-corrected chi connectivity index (χ3v) is 5.30. The van der Waals surface area contributed by atoms with E-state index in [9.17, 15) is 14.4 Å². The molecule has 0 fully saturated rings. The van der Waals surface area contributed by atoms with Gasteiger partial charge in [0.05, 0.1) is 16.8 Å². The highest BCUT2D eigenvalue weighted by Crippen LogP contribution is 2.24. The predicted octanol–water partition coefficient (Wildman–Crippen LogP) is 5.26. The van der Waals surface area contributed by atoms with Gasteiger partial charge in [0, 0.05) is 15.7 Å². The number of ether oxygens (including phenoxy) is 1. The van der Waals surface area contributed by atoms with E-state index in [2.05, 4.69) is 15.8 Å². The molecule has 168 valence electrons. The van der Waals surface area contributed by atoms with E-state index in [1.54, 1.807) is 49.4 Å². The Bertz CT molecular complexity index is 1240. The highest BCUT2D eigenvalue weighted by Gasteiger charge is 2.15. The summed E-state index contributed by atoms with van der Waals surface area (Å²) in [5, 5.41) is 7.28. The minimum Gasteiger partial charge on any atom is -0.423 e. The van der Waals surface area contributed by atoms with Crippen LogP contribution in [0.1, 0.15) is 21.5 Å². The van der Waals surface area contributed by atoms with Gasteiger partial charge in [-0.3, -0.25) is 9.59 Å². The van der Waals surface area contributed by atoms with Gasteiger partial charge in [0.1, 0.15) is 5.75 Å². The van der Waals surface area contributed by atoms with Crippen LogP contribution < -0.4 is 15.5 Å². The molecule has 0 aliphatic heterocycles. The molecule has 0 saturated carbocycles. The molecule has 33 heavy (non-hydrogen) atoms. The molecule has 7 nitrogen and oxygen atoms in total. The summed E-state index contributed by atoms with van der Waals surface area (Å²) in [5.41, 5.74) is 3.98. The molecule has 0 saturated heterocycles. The maximum atomic E-state index is 12.2. The third kappa shape index (κ3) is 6.55. The second kappa shape index (κ2) is 11.0. The first-order valence-corrected chi connectivity index (χ1v) is 10.5. The van der Waals surface area contributed by atoms with Crippen molar-refractivity contribution in [1.82, 2.24) is 5.43 Å². The number of carbonyl (C=O) groups excluding carboxylic acids is 3. The maximum absolute atomic E-state index is 12.2. The zero-order valence-corrected chi connectivity index (χ0v) is 19.3. The molecule has 0 aliphatic rings. The zero-order chi connectivity index (χ0) is 24.0. The Hall–Kier alpha value is -3.39. The first kappa shape index (κ1) is 24.3. The fourth-order valence-corrected chi connectivity index (χ4v) is 3.24. The molecule has 10 heteroatoms. The summed E-state index contributed by atoms with van der Waals surface area (Å²) in [6.07, 6.45) is 1.33. The smallest absolute Gasteiger partial charge is 0.345 e. The molecule has 2 N–H and O–H groups in total. The molecule has 0 atom stereocenters. The summed E-state index contributed by atoms with van der Waals surface area (Å²) in [5.74, 6) is -2.19. The second-order valence-corrected chi connectivity index (χ2v) is 7.90. The third-order valence-electron chi connectivity index (χ3n) is 4.34. The van der Waals surface area contributed by atoms with Crippen LogP contribution in [-0.4, -0.2) is 24.0 Å². The molecule has 0 aromatic heterocycles. The van der Waals surface area contributed by atoms with Crippen LogP contribution in [0.15, 0.2) is 65.8 Å². The summed E-state index contributed by atoms with van der Waals surface area (Å²) in [6, 6.07) is 15.7. The van der Waals surface area contributed by atoms with E-state index >= 15 is 0 Å². The van der Waals surface area contributed by atoms with Gasteiger partial charge in [0.15, 0.2) is 0 Å². The normalized spacial score (nSPS) is 10.7. The van der Waals surface area contributed by atoms with Crippen molar-refractivity contribution < 1.29 is 19.1 Å². The fraction of sp³-hybridized carbons (Fsp3) is 0.0435. The monoisotopic (exact) mass is 503 g/mol. The molecule has 0 unspecified atom stereocenters. The average Bonchev–Trinajstić information content (AvgIpc) is 2.77. The van der Waals surface area contributed by atoms with Gasteiger partial charge < -0.3 is 10.1 Å². The Morgan fingerprint density at radius 1 is 0.909 bits per heavy atom. The van der Waals surface area contributed by atoms with Gasteiger partial charge in [-0.1, -0.05) is 40.9 Å². The van der Waals surface area contributed by atoms with Crippen LogP contribution in [0.4, 0.5) is 5.69 Å². The van der Waals surface area contributed by atoms with Crippen molar-refractivity contribution in [3.05, 3.63) is 92.4 Å². The lowest BCUT2D eigenvalue weighted by molar-refractivity contribution is -0.136. The Labute approximate surface area is 204 Å². The molecule has 0 aliphatic carbocycles. The number of nitrogens with zero attached hydrogens (tertiary/aromatic N) is 1. The van der Waals surface area contributed by atoms with Crippen molar-refractivity contribution >= 4 is 64.5 Å². The molecule has 2 amide bonds. The van der Waals surface area contributed by atoms with Crippen LogP contribution in [0.5, 0.6) is 5.75 Å². The van der Waals surface area contributed by atoms with Crippen LogP contribution >= 0.6 is 34.8 Å². The maximum Gasteiger partial charge on any atom is 0.345 e. The molecule has 0 heterocycles. The number of nitrogens with one attached hydrogen (secondary N) is 2. The summed E-state index contributed by atoms with van der Waals surface area (Å²) < 4.78 is 5.28. The number of halogens is 3. The summed E-state index contributed by atoms with van der Waals surface area (Å²) in [7, 11) is 0. The fourth-order valence-electron chi connectivity index (χ4n) is 2.58. The van der Waals surface area contributed by atoms with Crippen LogP contribution in [0.2, 0.25) is 15.1 Å². The van der Waals surface area contributed by atoms with Gasteiger partial charge in [-0.2, -0.15) is 5.10 Å².